The van der Waals surface area contributed by atoms with E-state index in [9.17, 15) is 8.42 Å². The van der Waals surface area contributed by atoms with Crippen molar-refractivity contribution in [2.45, 2.75) is 5.03 Å². The molecule has 20 heavy (non-hydrogen) atoms. The van der Waals surface area contributed by atoms with Crippen molar-refractivity contribution in [1.82, 2.24) is 4.98 Å². The predicted octanol–water partition coefficient (Wildman–Crippen LogP) is 3.19. The van der Waals surface area contributed by atoms with Crippen molar-refractivity contribution < 1.29 is 13.2 Å². The number of hydrogen-bond donors (Lipinski definition) is 0. The van der Waals surface area contributed by atoms with Crippen LogP contribution in [-0.4, -0.2) is 20.5 Å². The maximum atomic E-state index is 12.1. The fourth-order valence-electron chi connectivity index (χ4n) is 1.51. The van der Waals surface area contributed by atoms with Gasteiger partial charge in [-0.15, -0.1) is 0 Å². The lowest BCUT2D eigenvalue weighted by atomic mass is 10.2. The van der Waals surface area contributed by atoms with Crippen LogP contribution < -0.4 is 4.74 Å². The first-order valence-corrected chi connectivity index (χ1v) is 7.64. The van der Waals surface area contributed by atoms with Crippen molar-refractivity contribution in [2.24, 2.45) is 0 Å². The average Bonchev–Trinajstić information content (AvgIpc) is 2.46. The maximum absolute atomic E-state index is 12.1. The number of rotatable bonds is 4. The highest BCUT2D eigenvalue weighted by atomic mass is 35.5. The first kappa shape index (κ1) is 14.6. The number of benzene rings is 1. The Balaban J connectivity index is 2.34. The number of sulfone groups is 1. The highest BCUT2D eigenvalue weighted by molar-refractivity contribution is 7.94. The van der Waals surface area contributed by atoms with Crippen LogP contribution in [0.5, 0.6) is 5.88 Å². The van der Waals surface area contributed by atoms with Gasteiger partial charge in [-0.05, 0) is 23.8 Å². The number of hydrogen-bond acceptors (Lipinski definition) is 4. The quantitative estimate of drug-likeness (QED) is 0.870. The van der Waals surface area contributed by atoms with E-state index < -0.39 is 9.84 Å². The van der Waals surface area contributed by atoms with Gasteiger partial charge in [-0.25, -0.2) is 13.4 Å². The van der Waals surface area contributed by atoms with E-state index in [-0.39, 0.29) is 10.9 Å². The van der Waals surface area contributed by atoms with E-state index in [0.29, 0.717) is 10.6 Å². The third kappa shape index (κ3) is 3.37. The molecule has 0 aliphatic heterocycles. The molecule has 0 aliphatic rings. The summed E-state index contributed by atoms with van der Waals surface area (Å²) in [5.41, 5.74) is 0.626. The maximum Gasteiger partial charge on any atom is 0.217 e. The van der Waals surface area contributed by atoms with Gasteiger partial charge in [-0.2, -0.15) is 0 Å². The second-order valence-corrected chi connectivity index (χ2v) is 6.08. The lowest BCUT2D eigenvalue weighted by molar-refractivity contribution is 0.394. The van der Waals surface area contributed by atoms with Gasteiger partial charge in [0.25, 0.3) is 0 Å². The molecule has 0 atom stereocenters. The van der Waals surface area contributed by atoms with Crippen molar-refractivity contribution in [2.75, 3.05) is 7.11 Å². The number of methoxy groups -OCH3 is 1. The molecule has 2 rings (SSSR count). The summed E-state index contributed by atoms with van der Waals surface area (Å²) < 4.78 is 29.2. The predicted molar refractivity (Wildman–Crippen MR) is 78.5 cm³/mol. The van der Waals surface area contributed by atoms with E-state index >= 15 is 0 Å². The Morgan fingerprint density at radius 3 is 2.60 bits per heavy atom. The molecule has 0 unspecified atom stereocenters. The molecule has 0 bridgehead atoms. The highest BCUT2D eigenvalue weighted by Crippen LogP contribution is 2.19. The van der Waals surface area contributed by atoms with E-state index in [0.717, 1.165) is 5.41 Å². The van der Waals surface area contributed by atoms with Crippen LogP contribution in [0.25, 0.3) is 6.08 Å². The van der Waals surface area contributed by atoms with E-state index in [1.165, 1.54) is 19.3 Å². The van der Waals surface area contributed by atoms with Crippen LogP contribution in [0.1, 0.15) is 5.56 Å². The average molecular weight is 310 g/mol. The number of halogens is 1. The second-order valence-electron chi connectivity index (χ2n) is 3.89. The van der Waals surface area contributed by atoms with Crippen LogP contribution >= 0.6 is 11.6 Å². The van der Waals surface area contributed by atoms with Gasteiger partial charge in [0.15, 0.2) is 5.03 Å². The van der Waals surface area contributed by atoms with Crippen LogP contribution in [0.4, 0.5) is 0 Å². The van der Waals surface area contributed by atoms with Crippen molar-refractivity contribution in [3.05, 3.63) is 58.5 Å². The normalized spacial score (nSPS) is 11.7. The zero-order valence-electron chi connectivity index (χ0n) is 10.7. The molecule has 0 spiro atoms. The van der Waals surface area contributed by atoms with Gasteiger partial charge in [-0.3, -0.25) is 0 Å². The summed E-state index contributed by atoms with van der Waals surface area (Å²) in [6.07, 6.45) is 1.44. The topological polar surface area (TPSA) is 56.3 Å². The Hall–Kier alpha value is -1.85. The minimum Gasteiger partial charge on any atom is -0.481 e. The lowest BCUT2D eigenvalue weighted by Gasteiger charge is -2.02. The molecule has 1 aromatic carbocycles. The van der Waals surface area contributed by atoms with Gasteiger partial charge in [0.1, 0.15) is 0 Å². The molecular weight excluding hydrogens is 298 g/mol. The van der Waals surface area contributed by atoms with E-state index in [4.69, 9.17) is 16.3 Å². The molecule has 0 saturated heterocycles. The van der Waals surface area contributed by atoms with Crippen molar-refractivity contribution in [1.29, 1.82) is 0 Å². The van der Waals surface area contributed by atoms with Gasteiger partial charge in [0.2, 0.25) is 15.7 Å². The molecule has 104 valence electrons. The van der Waals surface area contributed by atoms with Crippen molar-refractivity contribution in [3.8, 4) is 5.88 Å². The summed E-state index contributed by atoms with van der Waals surface area (Å²) >= 11 is 5.97. The van der Waals surface area contributed by atoms with Crippen LogP contribution in [0.2, 0.25) is 5.02 Å². The van der Waals surface area contributed by atoms with Gasteiger partial charge in [-0.1, -0.05) is 35.9 Å². The molecule has 6 heteroatoms. The molecule has 1 heterocycles. The zero-order chi connectivity index (χ0) is 14.6. The number of aromatic nitrogens is 1. The Bertz CT molecular complexity index is 742. The largest absolute Gasteiger partial charge is 0.481 e. The van der Waals surface area contributed by atoms with Gasteiger partial charge < -0.3 is 4.74 Å². The number of nitrogens with zero attached hydrogens (tertiary/aromatic N) is 1. The summed E-state index contributed by atoms with van der Waals surface area (Å²) in [4.78, 5) is 3.90. The third-order valence-corrected chi connectivity index (χ3v) is 4.18. The van der Waals surface area contributed by atoms with E-state index in [1.807, 2.05) is 0 Å². The van der Waals surface area contributed by atoms with Crippen LogP contribution in [0.3, 0.4) is 0 Å². The standard InChI is InChI=1S/C14H12ClNO3S/c1-19-13-7-4-8-14(16-13)20(17,18)10-9-11-5-2-3-6-12(11)15/h2-10H,1H3/b10-9+. The van der Waals surface area contributed by atoms with E-state index in [1.54, 1.807) is 36.4 Å². The van der Waals surface area contributed by atoms with Crippen LogP contribution in [0.15, 0.2) is 52.9 Å². The highest BCUT2D eigenvalue weighted by Gasteiger charge is 2.13. The minimum absolute atomic E-state index is 0.0693. The molecule has 0 fully saturated rings. The molecule has 0 saturated carbocycles. The zero-order valence-corrected chi connectivity index (χ0v) is 12.2. The summed E-state index contributed by atoms with van der Waals surface area (Å²) in [6.45, 7) is 0. The fraction of sp³-hybridized carbons (Fsp3) is 0.0714. The van der Waals surface area contributed by atoms with Crippen LogP contribution in [0, 0.1) is 0 Å². The SMILES string of the molecule is COc1cccc(S(=O)(=O)/C=C/c2ccccc2Cl)n1. The lowest BCUT2D eigenvalue weighted by Crippen LogP contribution is -2.00. The monoisotopic (exact) mass is 309 g/mol. The molecule has 2 aromatic rings. The molecule has 0 N–H and O–H groups in total. The number of pyridine rings is 1. The minimum atomic E-state index is -3.64. The Morgan fingerprint density at radius 2 is 1.90 bits per heavy atom. The summed E-state index contributed by atoms with van der Waals surface area (Å²) in [7, 11) is -2.21. The molecule has 1 aromatic heterocycles. The van der Waals surface area contributed by atoms with Crippen molar-refractivity contribution in [3.63, 3.8) is 0 Å². The first-order valence-electron chi connectivity index (χ1n) is 5.72. The third-order valence-electron chi connectivity index (χ3n) is 2.53. The van der Waals surface area contributed by atoms with Gasteiger partial charge in [0, 0.05) is 16.5 Å². The Labute approximate surface area is 122 Å². The van der Waals surface area contributed by atoms with Crippen molar-refractivity contribution >= 4 is 27.5 Å². The molecule has 4 nitrogen and oxygen atoms in total. The van der Waals surface area contributed by atoms with Gasteiger partial charge in [0.05, 0.1) is 7.11 Å². The number of ether oxygens (including phenoxy) is 1. The summed E-state index contributed by atoms with van der Waals surface area (Å²) in [5.74, 6) is 0.247. The van der Waals surface area contributed by atoms with Gasteiger partial charge >= 0.3 is 0 Å². The van der Waals surface area contributed by atoms with E-state index in [2.05, 4.69) is 4.98 Å². The molecule has 0 aliphatic carbocycles. The summed E-state index contributed by atoms with van der Waals surface area (Å²) in [5, 5.41) is 1.49. The Kier molecular flexibility index (Phi) is 4.42. The second kappa shape index (κ2) is 6.07. The smallest absolute Gasteiger partial charge is 0.217 e. The summed E-state index contributed by atoms with van der Waals surface area (Å²) in [6, 6.07) is 11.5. The Morgan fingerprint density at radius 1 is 1.15 bits per heavy atom. The fourth-order valence-corrected chi connectivity index (χ4v) is 2.66. The molecular formula is C14H12ClNO3S. The first-order chi connectivity index (χ1) is 9.53. The van der Waals surface area contributed by atoms with Crippen LogP contribution in [-0.2, 0) is 9.84 Å². The molecule has 0 amide bonds. The molecule has 0 radical (unpaired) electrons.